The van der Waals surface area contributed by atoms with Gasteiger partial charge >= 0.3 is 7.82 Å². The molecule has 0 rings (SSSR count). The third-order valence-corrected chi connectivity index (χ3v) is 20.6. The van der Waals surface area contributed by atoms with Crippen LogP contribution in [0.2, 0.25) is 0 Å². The minimum atomic E-state index is -4.33. The number of allylic oxidation sites excluding steroid dienone is 6. The van der Waals surface area contributed by atoms with Crippen LogP contribution in [0.3, 0.4) is 0 Å². The van der Waals surface area contributed by atoms with Crippen molar-refractivity contribution in [2.24, 2.45) is 0 Å². The molecule has 0 aliphatic heterocycles. The maximum atomic E-state index is 13.1. The van der Waals surface area contributed by atoms with Crippen LogP contribution in [0.5, 0.6) is 0 Å². The van der Waals surface area contributed by atoms with E-state index in [2.05, 4.69) is 55.6 Å². The third kappa shape index (κ3) is 77.9. The minimum Gasteiger partial charge on any atom is -0.391 e. The average Bonchev–Trinajstić information content (AvgIpc) is 1.94. The van der Waals surface area contributed by atoms with Crippen LogP contribution in [0.25, 0.3) is 0 Å². The zero-order chi connectivity index (χ0) is 67.6. The Morgan fingerprint density at radius 1 is 0.366 bits per heavy atom. The van der Waals surface area contributed by atoms with Crippen LogP contribution < -0.4 is 5.32 Å². The maximum Gasteiger partial charge on any atom is 0.472 e. The predicted molar refractivity (Wildman–Crippen MR) is 411 cm³/mol. The molecule has 0 fully saturated rings. The van der Waals surface area contributed by atoms with Crippen molar-refractivity contribution >= 4 is 13.7 Å². The maximum absolute atomic E-state index is 13.1. The van der Waals surface area contributed by atoms with Gasteiger partial charge in [0.2, 0.25) is 5.91 Å². The quantitative estimate of drug-likeness (QED) is 0.0243. The molecule has 0 aliphatic rings. The zero-order valence-electron chi connectivity index (χ0n) is 63.5. The van der Waals surface area contributed by atoms with Crippen LogP contribution in [0.1, 0.15) is 444 Å². The first kappa shape index (κ1) is 91.7. The molecule has 9 heteroatoms. The van der Waals surface area contributed by atoms with Crippen molar-refractivity contribution in [3.05, 3.63) is 36.5 Å². The van der Waals surface area contributed by atoms with Crippen LogP contribution >= 0.6 is 7.82 Å². The van der Waals surface area contributed by atoms with Gasteiger partial charge in [-0.05, 0) is 51.4 Å². The highest BCUT2D eigenvalue weighted by molar-refractivity contribution is 7.47. The number of nitrogens with zero attached hydrogens (tertiary/aromatic N) is 1. The van der Waals surface area contributed by atoms with Gasteiger partial charge in [-0.15, -0.1) is 0 Å². The summed E-state index contributed by atoms with van der Waals surface area (Å²) in [5.41, 5.74) is 0. The number of carbonyl (C=O) groups is 1. The molecule has 0 bridgehead atoms. The van der Waals surface area contributed by atoms with Crippen LogP contribution in [0.4, 0.5) is 0 Å². The van der Waals surface area contributed by atoms with E-state index in [0.29, 0.717) is 23.9 Å². The van der Waals surface area contributed by atoms with E-state index in [0.717, 1.165) is 51.4 Å². The summed E-state index contributed by atoms with van der Waals surface area (Å²) < 4.78 is 24.0. The van der Waals surface area contributed by atoms with Crippen molar-refractivity contribution in [3.63, 3.8) is 0 Å². The summed E-state index contributed by atoms with van der Waals surface area (Å²) >= 11 is 0. The van der Waals surface area contributed by atoms with Gasteiger partial charge in [0.1, 0.15) is 13.2 Å². The van der Waals surface area contributed by atoms with Crippen LogP contribution in [0.15, 0.2) is 36.5 Å². The van der Waals surface area contributed by atoms with Gasteiger partial charge in [0.25, 0.3) is 0 Å². The molecule has 8 nitrogen and oxygen atoms in total. The topological polar surface area (TPSA) is 105 Å². The first-order valence-corrected chi connectivity index (χ1v) is 43.3. The van der Waals surface area contributed by atoms with Crippen molar-refractivity contribution in [2.75, 3.05) is 40.9 Å². The number of carbonyl (C=O) groups excluding carboxylic acids is 1. The summed E-state index contributed by atoms with van der Waals surface area (Å²) in [5, 5.41) is 14.2. The summed E-state index contributed by atoms with van der Waals surface area (Å²) in [4.78, 5) is 23.6. The molecule has 0 heterocycles. The largest absolute Gasteiger partial charge is 0.472 e. The van der Waals surface area contributed by atoms with Gasteiger partial charge in [-0.25, -0.2) is 4.57 Å². The van der Waals surface area contributed by atoms with E-state index in [9.17, 15) is 19.4 Å². The molecule has 0 aromatic rings. The third-order valence-electron chi connectivity index (χ3n) is 19.6. The first-order valence-electron chi connectivity index (χ1n) is 41.9. The molecule has 0 saturated carbocycles. The molecule has 0 aromatic heterocycles. The highest BCUT2D eigenvalue weighted by Crippen LogP contribution is 2.43. The second-order valence-electron chi connectivity index (χ2n) is 30.2. The number of hydrogen-bond donors (Lipinski definition) is 3. The number of phosphoric acid groups is 1. The second kappa shape index (κ2) is 74.9. The van der Waals surface area contributed by atoms with Crippen molar-refractivity contribution in [1.82, 2.24) is 5.32 Å². The number of amides is 1. The first-order chi connectivity index (χ1) is 45.5. The van der Waals surface area contributed by atoms with Crippen molar-refractivity contribution in [3.8, 4) is 0 Å². The Morgan fingerprint density at radius 3 is 0.892 bits per heavy atom. The van der Waals surface area contributed by atoms with E-state index in [1.807, 2.05) is 21.1 Å². The highest BCUT2D eigenvalue weighted by atomic mass is 31.2. The fraction of sp³-hybridized carbons (Fsp3) is 0.917. The molecule has 1 amide bonds. The van der Waals surface area contributed by atoms with Gasteiger partial charge in [-0.1, -0.05) is 423 Å². The fourth-order valence-corrected chi connectivity index (χ4v) is 13.9. The number of nitrogens with one attached hydrogen (secondary N) is 1. The minimum absolute atomic E-state index is 0.0777. The summed E-state index contributed by atoms with van der Waals surface area (Å²) in [6, 6.07) is -0.761. The number of aliphatic hydroxyl groups excluding tert-OH is 1. The molecule has 0 saturated heterocycles. The Balaban J connectivity index is 3.88. The SMILES string of the molecule is CCCCCCC/C=C\C/C=C\C/C=C\CCCCCCCCCCCCCCCCCCCCCCCCCCC(=O)NC(COP(=O)(O)OCC[N+](C)(C)C)C(O)CCCCCCCCCCCCCCCCCCCCCCCCCCCCCCCCCC. The standard InChI is InChI=1S/C84H165N2O6P/c1-6-8-10-12-14-16-18-20-22-24-26-28-30-32-34-36-38-40-41-42-43-44-45-46-48-50-52-54-56-58-60-62-64-66-68-70-72-74-76-78-84(88)85-82(81-92-93(89,90)91-80-79-86(3,4)5)83(87)77-75-73-71-69-67-65-63-61-59-57-55-53-51-49-47-39-37-35-33-31-29-27-25-23-21-19-17-15-13-11-9-7-2/h18,20,24,26,30,32,82-83,87H,6-17,19,21-23,25,27-29,31,33-81H2,1-5H3,(H-,85,88,89,90)/p+1/b20-18-,26-24-,32-30-. The van der Waals surface area contributed by atoms with E-state index < -0.39 is 20.0 Å². The van der Waals surface area contributed by atoms with Gasteiger partial charge in [0.15, 0.2) is 0 Å². The number of likely N-dealkylation sites (N-methyl/N-ethyl adjacent to an activating group) is 1. The predicted octanol–water partition coefficient (Wildman–Crippen LogP) is 27.5. The van der Waals surface area contributed by atoms with E-state index in [1.165, 1.54) is 366 Å². The number of hydrogen-bond acceptors (Lipinski definition) is 5. The molecule has 552 valence electrons. The number of phosphoric ester groups is 1. The molecule has 0 aliphatic carbocycles. The molecular weight excluding hydrogens is 1160 g/mol. The molecule has 3 atom stereocenters. The summed E-state index contributed by atoms with van der Waals surface area (Å²) in [6.07, 6.45) is 102. The lowest BCUT2D eigenvalue weighted by molar-refractivity contribution is -0.870. The monoisotopic (exact) mass is 1330 g/mol. The Bertz CT molecular complexity index is 1610. The molecule has 3 unspecified atom stereocenters. The number of rotatable bonds is 79. The Morgan fingerprint density at radius 2 is 0.613 bits per heavy atom. The summed E-state index contributed by atoms with van der Waals surface area (Å²) in [5.74, 6) is -0.134. The van der Waals surface area contributed by atoms with Crippen molar-refractivity contribution in [2.45, 2.75) is 456 Å². The summed E-state index contributed by atoms with van der Waals surface area (Å²) in [6.45, 7) is 4.95. The average molecular weight is 1330 g/mol. The Kier molecular flexibility index (Phi) is 73.9. The normalized spacial score (nSPS) is 13.6. The molecule has 0 spiro atoms. The lowest BCUT2D eigenvalue weighted by Crippen LogP contribution is -2.46. The van der Waals surface area contributed by atoms with Gasteiger partial charge < -0.3 is 19.8 Å². The van der Waals surface area contributed by atoms with E-state index in [1.54, 1.807) is 0 Å². The fourth-order valence-electron chi connectivity index (χ4n) is 13.2. The van der Waals surface area contributed by atoms with E-state index >= 15 is 0 Å². The Labute approximate surface area is 582 Å². The number of unbranched alkanes of at least 4 members (excludes halogenated alkanes) is 60. The van der Waals surface area contributed by atoms with E-state index in [-0.39, 0.29) is 19.1 Å². The Hall–Kier alpha value is -1.28. The van der Waals surface area contributed by atoms with Crippen LogP contribution in [-0.4, -0.2) is 73.4 Å². The lowest BCUT2D eigenvalue weighted by atomic mass is 10.0. The molecule has 0 radical (unpaired) electrons. The molecular formula is C84H166N2O6P+. The molecule has 93 heavy (non-hydrogen) atoms. The van der Waals surface area contributed by atoms with Gasteiger partial charge in [0, 0.05) is 6.42 Å². The molecule has 0 aromatic carbocycles. The van der Waals surface area contributed by atoms with E-state index in [4.69, 9.17) is 9.05 Å². The number of aliphatic hydroxyl groups is 1. The van der Waals surface area contributed by atoms with Gasteiger partial charge in [-0.3, -0.25) is 13.8 Å². The number of quaternary nitrogens is 1. The molecule has 3 N–H and O–H groups in total. The van der Waals surface area contributed by atoms with Crippen LogP contribution in [-0.2, 0) is 18.4 Å². The summed E-state index contributed by atoms with van der Waals surface area (Å²) in [7, 11) is 1.64. The van der Waals surface area contributed by atoms with Gasteiger partial charge in [0.05, 0.1) is 39.9 Å². The van der Waals surface area contributed by atoms with Crippen molar-refractivity contribution in [1.29, 1.82) is 0 Å². The smallest absolute Gasteiger partial charge is 0.391 e. The van der Waals surface area contributed by atoms with Crippen LogP contribution in [0, 0.1) is 0 Å². The zero-order valence-corrected chi connectivity index (χ0v) is 64.4. The van der Waals surface area contributed by atoms with Gasteiger partial charge in [-0.2, -0.15) is 0 Å². The second-order valence-corrected chi connectivity index (χ2v) is 31.7. The lowest BCUT2D eigenvalue weighted by Gasteiger charge is -2.26. The highest BCUT2D eigenvalue weighted by Gasteiger charge is 2.28. The van der Waals surface area contributed by atoms with Crippen molar-refractivity contribution < 1.29 is 32.9 Å².